The molecule has 2 rings (SSSR count). The number of benzene rings is 2. The molecule has 0 amide bonds. The maximum Gasteiger partial charge on any atom is 2.00 e. The smallest absolute Gasteiger partial charge is 0.754 e. The van der Waals surface area contributed by atoms with Crippen LogP contribution in [-0.2, 0) is 30.5 Å². The Balaban J connectivity index is 0.00000180. The predicted octanol–water partition coefficient (Wildman–Crippen LogP) is 1.99. The summed E-state index contributed by atoms with van der Waals surface area (Å²) in [5, 5.41) is 0. The van der Waals surface area contributed by atoms with Crippen LogP contribution in [0.4, 0.5) is 5.69 Å². The van der Waals surface area contributed by atoms with Crippen LogP contribution in [-0.4, -0.2) is 13.0 Å². The second-order valence-corrected chi connectivity index (χ2v) is 5.01. The summed E-state index contributed by atoms with van der Waals surface area (Å²) in [7, 11) is -4.44. The minimum absolute atomic E-state index is 0. The number of para-hydroxylation sites is 1. The van der Waals surface area contributed by atoms with Gasteiger partial charge in [-0.2, -0.15) is 11.6 Å². The monoisotopic (exact) mass is 367 g/mol. The van der Waals surface area contributed by atoms with Gasteiger partial charge in [0.1, 0.15) is 0 Å². The van der Waals surface area contributed by atoms with Crippen molar-refractivity contribution in [1.82, 2.24) is 0 Å². The van der Waals surface area contributed by atoms with Gasteiger partial charge in [0.05, 0.1) is 10.1 Å². The van der Waals surface area contributed by atoms with Crippen LogP contribution in [0.25, 0.3) is 11.1 Å². The molecule has 19 heavy (non-hydrogen) atoms. The van der Waals surface area contributed by atoms with E-state index in [0.717, 1.165) is 0 Å². The van der Waals surface area contributed by atoms with Crippen LogP contribution in [0.1, 0.15) is 5.56 Å². The van der Waals surface area contributed by atoms with Crippen molar-refractivity contribution in [2.45, 2.75) is 0 Å². The molecule has 0 atom stereocenters. The third-order valence-corrected chi connectivity index (χ3v) is 3.03. The summed E-state index contributed by atoms with van der Waals surface area (Å²) >= 11 is 0. The average molecular weight is 368 g/mol. The van der Waals surface area contributed by atoms with Crippen molar-refractivity contribution in [3.8, 4) is 11.1 Å². The zero-order valence-electron chi connectivity index (χ0n) is 9.72. The maximum absolute atomic E-state index is 10.8. The van der Waals surface area contributed by atoms with E-state index in [9.17, 15) is 13.0 Å². The van der Waals surface area contributed by atoms with Gasteiger partial charge in [0.25, 0.3) is 0 Å². The summed E-state index contributed by atoms with van der Waals surface area (Å²) in [6.07, 6.45) is 0. The molecule has 0 radical (unpaired) electrons. The van der Waals surface area contributed by atoms with E-state index >= 15 is 0 Å². The molecule has 2 aromatic carbocycles. The van der Waals surface area contributed by atoms with E-state index in [-0.39, 0.29) is 20.4 Å². The molecule has 0 aromatic heterocycles. The predicted molar refractivity (Wildman–Crippen MR) is 69.4 cm³/mol. The number of hydrogen-bond acceptors (Lipinski definition) is 4. The van der Waals surface area contributed by atoms with Crippen molar-refractivity contribution in [2.24, 2.45) is 0 Å². The van der Waals surface area contributed by atoms with Crippen LogP contribution in [0.3, 0.4) is 0 Å². The van der Waals surface area contributed by atoms with Gasteiger partial charge in [0, 0.05) is 5.69 Å². The van der Waals surface area contributed by atoms with Crippen LogP contribution < -0.4 is 5.73 Å². The molecule has 0 fully saturated rings. The minimum atomic E-state index is -4.44. The van der Waals surface area contributed by atoms with Crippen LogP contribution in [0.2, 0.25) is 0 Å². The molecular formula is C13H11NO3PdS. The Hall–Kier alpha value is -1.32. The van der Waals surface area contributed by atoms with Gasteiger partial charge < -0.3 is 10.3 Å². The van der Waals surface area contributed by atoms with Crippen molar-refractivity contribution in [2.75, 3.05) is 5.73 Å². The zero-order valence-corrected chi connectivity index (χ0v) is 12.1. The summed E-state index contributed by atoms with van der Waals surface area (Å²) in [4.78, 5) is 0. The van der Waals surface area contributed by atoms with E-state index in [4.69, 9.17) is 5.73 Å². The number of anilines is 1. The van der Waals surface area contributed by atoms with Gasteiger partial charge in [-0.25, -0.2) is 0 Å². The van der Waals surface area contributed by atoms with E-state index in [1.165, 1.54) is 0 Å². The van der Waals surface area contributed by atoms with Crippen molar-refractivity contribution < 1.29 is 33.4 Å². The molecule has 0 aliphatic heterocycles. The summed E-state index contributed by atoms with van der Waals surface area (Å²) in [5.74, 6) is 0.703. The van der Waals surface area contributed by atoms with Crippen LogP contribution in [0, 0.1) is 5.75 Å². The second kappa shape index (κ2) is 6.22. The standard InChI is InChI=1S/C13H12NO3S.Pd/c14-13-8-4-3-7-12(13)11-6-2-1-5-10(11)9-18(15,16)17;/h1-9H,14H2,(H,15,16,17);/q-1;+2/p-1. The molecule has 0 spiro atoms. The van der Waals surface area contributed by atoms with Crippen LogP contribution in [0.15, 0.2) is 48.5 Å². The Kier molecular flexibility index (Phi) is 5.15. The SMILES string of the molecule is Nc1ccccc1-c1ccccc1[CH-]S(=O)(=O)[O-].[Pd+2]. The molecule has 2 aromatic rings. The van der Waals surface area contributed by atoms with Crippen molar-refractivity contribution in [3.05, 3.63) is 59.8 Å². The number of nitrogens with two attached hydrogens (primary N) is 1. The number of hydrogen-bond donors (Lipinski definition) is 1. The first kappa shape index (κ1) is 15.7. The van der Waals surface area contributed by atoms with E-state index in [1.54, 1.807) is 48.5 Å². The van der Waals surface area contributed by atoms with Gasteiger partial charge in [-0.15, -0.1) is 17.7 Å². The van der Waals surface area contributed by atoms with Crippen molar-refractivity contribution in [3.63, 3.8) is 0 Å². The van der Waals surface area contributed by atoms with Gasteiger partial charge >= 0.3 is 20.4 Å². The molecule has 6 heteroatoms. The summed E-state index contributed by atoms with van der Waals surface area (Å²) in [6.45, 7) is 0. The molecule has 2 N–H and O–H groups in total. The fourth-order valence-electron chi connectivity index (χ4n) is 1.74. The molecule has 0 saturated carbocycles. The average Bonchev–Trinajstić information content (AvgIpc) is 2.29. The van der Waals surface area contributed by atoms with Gasteiger partial charge in [0.15, 0.2) is 0 Å². The minimum Gasteiger partial charge on any atom is -0.754 e. The first-order valence-electron chi connectivity index (χ1n) is 5.22. The zero-order chi connectivity index (χ0) is 13.2. The van der Waals surface area contributed by atoms with E-state index in [0.29, 0.717) is 28.1 Å². The van der Waals surface area contributed by atoms with Gasteiger partial charge in [-0.1, -0.05) is 35.6 Å². The Bertz CT molecular complexity index is 671. The van der Waals surface area contributed by atoms with Crippen LogP contribution >= 0.6 is 0 Å². The Morgan fingerprint density at radius 3 is 2.05 bits per heavy atom. The van der Waals surface area contributed by atoms with Gasteiger partial charge in [0.2, 0.25) is 0 Å². The third-order valence-electron chi connectivity index (χ3n) is 2.48. The Morgan fingerprint density at radius 1 is 0.947 bits per heavy atom. The molecule has 0 aliphatic carbocycles. The molecule has 0 aliphatic rings. The summed E-state index contributed by atoms with van der Waals surface area (Å²) in [5.41, 5.74) is 8.03. The second-order valence-electron chi connectivity index (χ2n) is 3.79. The quantitative estimate of drug-likeness (QED) is 0.389. The van der Waals surface area contributed by atoms with Crippen molar-refractivity contribution in [1.29, 1.82) is 0 Å². The third kappa shape index (κ3) is 4.08. The van der Waals surface area contributed by atoms with E-state index in [1.807, 2.05) is 0 Å². The van der Waals surface area contributed by atoms with E-state index in [2.05, 4.69) is 0 Å². The number of rotatable bonds is 3. The van der Waals surface area contributed by atoms with Gasteiger partial charge in [-0.05, 0) is 6.07 Å². The number of nitrogen functional groups attached to an aromatic ring is 1. The van der Waals surface area contributed by atoms with Crippen LogP contribution in [0.5, 0.6) is 0 Å². The Labute approximate surface area is 126 Å². The van der Waals surface area contributed by atoms with Gasteiger partial charge in [-0.3, -0.25) is 8.42 Å². The maximum atomic E-state index is 10.8. The topological polar surface area (TPSA) is 83.2 Å². The largest absolute Gasteiger partial charge is 2.00 e. The molecule has 0 unspecified atom stereocenters. The Morgan fingerprint density at radius 2 is 1.47 bits per heavy atom. The molecule has 0 heterocycles. The molecule has 102 valence electrons. The molecule has 0 saturated heterocycles. The normalized spacial score (nSPS) is 10.6. The molecule has 0 bridgehead atoms. The summed E-state index contributed by atoms with van der Waals surface area (Å²) < 4.78 is 32.5. The first-order chi connectivity index (χ1) is 8.47. The summed E-state index contributed by atoms with van der Waals surface area (Å²) in [6, 6.07) is 13.8. The van der Waals surface area contributed by atoms with E-state index < -0.39 is 10.1 Å². The fourth-order valence-corrected chi connectivity index (χ4v) is 2.26. The molecule has 4 nitrogen and oxygen atoms in total. The molecular weight excluding hydrogens is 357 g/mol. The first-order valence-corrected chi connectivity index (χ1v) is 6.69. The fraction of sp³-hybridized carbons (Fsp3) is 0. The van der Waals surface area contributed by atoms with Crippen molar-refractivity contribution >= 4 is 15.8 Å².